The summed E-state index contributed by atoms with van der Waals surface area (Å²) in [6.07, 6.45) is 7.90. The van der Waals surface area contributed by atoms with Gasteiger partial charge in [-0.3, -0.25) is 0 Å². The van der Waals surface area contributed by atoms with Crippen molar-refractivity contribution in [1.82, 2.24) is 0 Å². The van der Waals surface area contributed by atoms with Crippen molar-refractivity contribution < 1.29 is 13.3 Å². The number of hydrogen-bond donors (Lipinski definition) is 0. The normalized spacial score (nSPS) is 10.9. The molecule has 0 atom stereocenters. The molecule has 0 fully saturated rings. The third-order valence-corrected chi connectivity index (χ3v) is 3.88. The lowest BCUT2D eigenvalue weighted by Gasteiger charge is -2.14. The van der Waals surface area contributed by atoms with E-state index in [9.17, 15) is 0 Å². The van der Waals surface area contributed by atoms with Gasteiger partial charge in [0.15, 0.2) is 0 Å². The van der Waals surface area contributed by atoms with Gasteiger partial charge in [0.05, 0.1) is 0 Å². The van der Waals surface area contributed by atoms with Crippen molar-refractivity contribution in [3.05, 3.63) is 12.7 Å². The average molecular weight is 246 g/mol. The van der Waals surface area contributed by atoms with Crippen LogP contribution in [0.3, 0.4) is 0 Å². The quantitative estimate of drug-likeness (QED) is 0.301. The molecule has 96 valence electrons. The standard InChI is InChI=1S/C12H26O3Si/c1-4-7-8-9-10-11-12-15-16(13-5-2)14-6-3/h4,16H,1,5-12H2,2-3H3. The highest BCUT2D eigenvalue weighted by Crippen LogP contribution is 2.04. The molecule has 0 aliphatic carbocycles. The Hall–Kier alpha value is -0.163. The summed E-state index contributed by atoms with van der Waals surface area (Å²) in [5.41, 5.74) is 0. The van der Waals surface area contributed by atoms with E-state index in [1.165, 1.54) is 19.3 Å². The molecule has 0 aliphatic rings. The summed E-state index contributed by atoms with van der Waals surface area (Å²) < 4.78 is 16.4. The maximum absolute atomic E-state index is 5.60. The van der Waals surface area contributed by atoms with E-state index in [4.69, 9.17) is 13.3 Å². The van der Waals surface area contributed by atoms with Gasteiger partial charge in [-0.05, 0) is 33.1 Å². The zero-order chi connectivity index (χ0) is 12.1. The molecule has 0 bridgehead atoms. The molecule has 0 rings (SSSR count). The van der Waals surface area contributed by atoms with E-state index in [2.05, 4.69) is 6.58 Å². The molecule has 3 nitrogen and oxygen atoms in total. The monoisotopic (exact) mass is 246 g/mol. The van der Waals surface area contributed by atoms with Crippen molar-refractivity contribution in [2.24, 2.45) is 0 Å². The number of allylic oxidation sites excluding steroid dienone is 1. The summed E-state index contributed by atoms with van der Waals surface area (Å²) in [6, 6.07) is 0. The number of unbranched alkanes of at least 4 members (excludes halogenated alkanes) is 4. The molecule has 16 heavy (non-hydrogen) atoms. The maximum Gasteiger partial charge on any atom is 0.484 e. The molecule has 0 aromatic carbocycles. The van der Waals surface area contributed by atoms with E-state index < -0.39 is 9.53 Å². The Kier molecular flexibility index (Phi) is 12.8. The molecule has 4 heteroatoms. The van der Waals surface area contributed by atoms with Gasteiger partial charge >= 0.3 is 9.53 Å². The van der Waals surface area contributed by atoms with Gasteiger partial charge in [0.25, 0.3) is 0 Å². The third kappa shape index (κ3) is 10.4. The highest BCUT2D eigenvalue weighted by atomic mass is 28.3. The Morgan fingerprint density at radius 2 is 1.56 bits per heavy atom. The summed E-state index contributed by atoms with van der Waals surface area (Å²) in [5, 5.41) is 0. The Morgan fingerprint density at radius 3 is 2.12 bits per heavy atom. The molecule has 0 saturated heterocycles. The van der Waals surface area contributed by atoms with Crippen LogP contribution in [0.2, 0.25) is 0 Å². The summed E-state index contributed by atoms with van der Waals surface area (Å²) in [7, 11) is -1.81. The van der Waals surface area contributed by atoms with Crippen molar-refractivity contribution >= 4 is 9.53 Å². The lowest BCUT2D eigenvalue weighted by atomic mass is 10.1. The van der Waals surface area contributed by atoms with Gasteiger partial charge in [0, 0.05) is 19.8 Å². The SMILES string of the molecule is C=CCCCCCCO[SiH](OCC)OCC. The molecule has 0 aromatic rings. The van der Waals surface area contributed by atoms with Crippen molar-refractivity contribution in [3.8, 4) is 0 Å². The van der Waals surface area contributed by atoms with Crippen LogP contribution in [0.5, 0.6) is 0 Å². The van der Waals surface area contributed by atoms with Crippen molar-refractivity contribution in [3.63, 3.8) is 0 Å². The minimum atomic E-state index is -1.81. The molecule has 0 heterocycles. The highest BCUT2D eigenvalue weighted by molar-refractivity contribution is 6.36. The molecule has 0 N–H and O–H groups in total. The van der Waals surface area contributed by atoms with Gasteiger partial charge in [0.1, 0.15) is 0 Å². The van der Waals surface area contributed by atoms with Crippen LogP contribution in [0.4, 0.5) is 0 Å². The predicted molar refractivity (Wildman–Crippen MR) is 69.6 cm³/mol. The Labute approximate surface area is 102 Å². The van der Waals surface area contributed by atoms with E-state index in [-0.39, 0.29) is 0 Å². The molecule has 0 radical (unpaired) electrons. The zero-order valence-electron chi connectivity index (χ0n) is 10.7. The Balaban J connectivity index is 3.28. The van der Waals surface area contributed by atoms with Crippen LogP contribution in [0, 0.1) is 0 Å². The Bertz CT molecular complexity index is 147. The summed E-state index contributed by atoms with van der Waals surface area (Å²) in [4.78, 5) is 0. The van der Waals surface area contributed by atoms with Crippen LogP contribution in [-0.4, -0.2) is 29.3 Å². The van der Waals surface area contributed by atoms with E-state index in [0.717, 1.165) is 19.4 Å². The predicted octanol–water partition coefficient (Wildman–Crippen LogP) is 2.93. The van der Waals surface area contributed by atoms with Gasteiger partial charge in [-0.1, -0.05) is 18.9 Å². The second kappa shape index (κ2) is 12.9. The second-order valence-electron chi connectivity index (χ2n) is 3.56. The minimum Gasteiger partial charge on any atom is -0.376 e. The fourth-order valence-corrected chi connectivity index (χ4v) is 2.53. The average Bonchev–Trinajstić information content (AvgIpc) is 2.28. The molecule has 0 saturated carbocycles. The van der Waals surface area contributed by atoms with Crippen molar-refractivity contribution in [2.45, 2.75) is 46.0 Å². The molecule has 0 amide bonds. The van der Waals surface area contributed by atoms with Crippen LogP contribution < -0.4 is 0 Å². The van der Waals surface area contributed by atoms with Crippen LogP contribution in [0.15, 0.2) is 12.7 Å². The van der Waals surface area contributed by atoms with Crippen LogP contribution in [0.25, 0.3) is 0 Å². The first kappa shape index (κ1) is 15.8. The van der Waals surface area contributed by atoms with Gasteiger partial charge < -0.3 is 13.3 Å². The first-order valence-corrected chi connectivity index (χ1v) is 7.72. The first-order valence-electron chi connectivity index (χ1n) is 6.30. The second-order valence-corrected chi connectivity index (χ2v) is 5.14. The van der Waals surface area contributed by atoms with Crippen molar-refractivity contribution in [1.29, 1.82) is 0 Å². The molecule has 0 aromatic heterocycles. The number of rotatable bonds is 12. The van der Waals surface area contributed by atoms with E-state index in [0.29, 0.717) is 13.2 Å². The van der Waals surface area contributed by atoms with Gasteiger partial charge in [-0.15, -0.1) is 6.58 Å². The third-order valence-electron chi connectivity index (χ3n) is 2.16. The zero-order valence-corrected chi connectivity index (χ0v) is 11.9. The summed E-state index contributed by atoms with van der Waals surface area (Å²) in [6.45, 7) is 9.77. The van der Waals surface area contributed by atoms with Crippen molar-refractivity contribution in [2.75, 3.05) is 19.8 Å². The topological polar surface area (TPSA) is 27.7 Å². The lowest BCUT2D eigenvalue weighted by Crippen LogP contribution is -2.27. The molecular weight excluding hydrogens is 220 g/mol. The number of hydrogen-bond acceptors (Lipinski definition) is 3. The van der Waals surface area contributed by atoms with Gasteiger partial charge in [-0.25, -0.2) is 0 Å². The van der Waals surface area contributed by atoms with Gasteiger partial charge in [0.2, 0.25) is 0 Å². The maximum atomic E-state index is 5.60. The fraction of sp³-hybridized carbons (Fsp3) is 0.833. The molecule has 0 aliphatic heterocycles. The Morgan fingerprint density at radius 1 is 0.938 bits per heavy atom. The van der Waals surface area contributed by atoms with Crippen LogP contribution in [0.1, 0.15) is 46.0 Å². The smallest absolute Gasteiger partial charge is 0.376 e. The summed E-state index contributed by atoms with van der Waals surface area (Å²) >= 11 is 0. The first-order chi connectivity index (χ1) is 7.85. The lowest BCUT2D eigenvalue weighted by molar-refractivity contribution is 0.100. The molecule has 0 spiro atoms. The van der Waals surface area contributed by atoms with E-state index in [1.807, 2.05) is 19.9 Å². The highest BCUT2D eigenvalue weighted by Gasteiger charge is 2.12. The van der Waals surface area contributed by atoms with E-state index >= 15 is 0 Å². The van der Waals surface area contributed by atoms with Crippen LogP contribution in [-0.2, 0) is 13.3 Å². The minimum absolute atomic E-state index is 0.677. The summed E-state index contributed by atoms with van der Waals surface area (Å²) in [5.74, 6) is 0. The van der Waals surface area contributed by atoms with Crippen LogP contribution >= 0.6 is 0 Å². The van der Waals surface area contributed by atoms with E-state index in [1.54, 1.807) is 0 Å². The molecular formula is C12H26O3Si. The fourth-order valence-electron chi connectivity index (χ4n) is 1.34. The van der Waals surface area contributed by atoms with Gasteiger partial charge in [-0.2, -0.15) is 0 Å². The largest absolute Gasteiger partial charge is 0.484 e. The molecule has 0 unspecified atom stereocenters.